The number of carboxylic acid groups (broad SMARTS) is 1. The number of para-hydroxylation sites is 1. The number of thioether (sulfide) groups is 1. The third-order valence-electron chi connectivity index (χ3n) is 3.61. The van der Waals surface area contributed by atoms with E-state index in [1.54, 1.807) is 23.9 Å². The number of fused-ring (bicyclic) bond motifs is 1. The van der Waals surface area contributed by atoms with E-state index in [4.69, 9.17) is 4.65 Å². The molecule has 1 aliphatic rings. The highest BCUT2D eigenvalue weighted by molar-refractivity contribution is 8.01. The topological polar surface area (TPSA) is 46.5 Å². The molecule has 2 aromatic carbocycles. The van der Waals surface area contributed by atoms with E-state index in [1.165, 1.54) is 4.90 Å². The van der Waals surface area contributed by atoms with Crippen LogP contribution in [0.1, 0.15) is 15.9 Å². The Hall–Kier alpha value is -1.88. The number of benzene rings is 2. The maximum absolute atomic E-state index is 11.3. The zero-order valence-electron chi connectivity index (χ0n) is 11.7. The van der Waals surface area contributed by atoms with Gasteiger partial charge in [0, 0.05) is 10.0 Å². The minimum atomic E-state index is -0.937. The van der Waals surface area contributed by atoms with E-state index < -0.39 is 5.97 Å². The predicted octanol–water partition coefficient (Wildman–Crippen LogP) is 3.64. The van der Waals surface area contributed by atoms with Crippen molar-refractivity contribution in [3.8, 4) is 5.75 Å². The Bertz CT molecular complexity index is 660. The lowest BCUT2D eigenvalue weighted by molar-refractivity contribution is 0.0694. The molecule has 1 unspecified atom stereocenters. The summed E-state index contributed by atoms with van der Waals surface area (Å²) < 4.78 is 5.91. The van der Waals surface area contributed by atoms with Crippen molar-refractivity contribution in [1.29, 1.82) is 0 Å². The molecule has 0 radical (unpaired) electrons. The zero-order chi connectivity index (χ0) is 14.8. The normalized spacial score (nSPS) is 17.0. The van der Waals surface area contributed by atoms with Gasteiger partial charge in [0.15, 0.2) is 0 Å². The molecule has 1 heterocycles. The van der Waals surface area contributed by atoms with E-state index >= 15 is 0 Å². The molecule has 5 heteroatoms. The van der Waals surface area contributed by atoms with Gasteiger partial charge in [0.25, 0.3) is 0 Å². The number of hydrogen-bond acceptors (Lipinski definition) is 3. The van der Waals surface area contributed by atoms with E-state index in [2.05, 4.69) is 12.1 Å². The lowest BCUT2D eigenvalue weighted by Gasteiger charge is -2.29. The van der Waals surface area contributed by atoms with Crippen molar-refractivity contribution in [1.82, 2.24) is 0 Å². The molecular weight excluding hydrogens is 283 g/mol. The second kappa shape index (κ2) is 5.86. The molecular formula is C16H15BO3S. The molecule has 1 atom stereocenters. The van der Waals surface area contributed by atoms with Gasteiger partial charge in [0.05, 0.1) is 5.56 Å². The van der Waals surface area contributed by atoms with Gasteiger partial charge in [-0.25, -0.2) is 4.79 Å². The van der Waals surface area contributed by atoms with Crippen LogP contribution < -0.4 is 4.65 Å². The van der Waals surface area contributed by atoms with Crippen molar-refractivity contribution in [2.24, 2.45) is 0 Å². The van der Waals surface area contributed by atoms with Crippen LogP contribution in [-0.2, 0) is 6.42 Å². The van der Waals surface area contributed by atoms with Gasteiger partial charge in [-0.05, 0) is 37.0 Å². The SMILES string of the molecule is CB1Oc2c(cccc2C(=O)O)CC1Sc1ccccc1. The van der Waals surface area contributed by atoms with Crippen LogP contribution in [0.2, 0.25) is 6.82 Å². The smallest absolute Gasteiger partial charge is 0.368 e. The molecule has 1 N–H and O–H groups in total. The molecule has 2 aromatic rings. The monoisotopic (exact) mass is 298 g/mol. The minimum absolute atomic E-state index is 0.0248. The largest absolute Gasteiger partial charge is 0.559 e. The second-order valence-corrected chi connectivity index (χ2v) is 6.41. The molecule has 0 fully saturated rings. The fourth-order valence-electron chi connectivity index (χ4n) is 2.51. The van der Waals surface area contributed by atoms with Crippen molar-refractivity contribution in [3.05, 3.63) is 59.7 Å². The Morgan fingerprint density at radius 2 is 2.00 bits per heavy atom. The van der Waals surface area contributed by atoms with Crippen LogP contribution in [-0.4, -0.2) is 23.1 Å². The van der Waals surface area contributed by atoms with Gasteiger partial charge in [0.1, 0.15) is 5.75 Å². The first-order valence-electron chi connectivity index (χ1n) is 6.88. The van der Waals surface area contributed by atoms with Crippen LogP contribution in [0, 0.1) is 0 Å². The van der Waals surface area contributed by atoms with Gasteiger partial charge in [-0.3, -0.25) is 0 Å². The fraction of sp³-hybridized carbons (Fsp3) is 0.188. The third-order valence-corrected chi connectivity index (χ3v) is 5.00. The Morgan fingerprint density at radius 1 is 1.24 bits per heavy atom. The van der Waals surface area contributed by atoms with Crippen LogP contribution in [0.5, 0.6) is 5.75 Å². The first-order chi connectivity index (χ1) is 10.1. The van der Waals surface area contributed by atoms with Crippen molar-refractivity contribution < 1.29 is 14.6 Å². The standard InChI is InChI=1S/C16H15BO3S/c1-17-14(21-12-7-3-2-4-8-12)10-11-6-5-9-13(16(18)19)15(11)20-17/h2-9,14H,10H2,1H3,(H,18,19). The molecule has 1 aliphatic heterocycles. The second-order valence-electron chi connectivity index (χ2n) is 5.10. The Morgan fingerprint density at radius 3 is 2.71 bits per heavy atom. The molecule has 0 aromatic heterocycles. The lowest BCUT2D eigenvalue weighted by Crippen LogP contribution is -2.38. The average molecular weight is 298 g/mol. The molecule has 0 saturated heterocycles. The molecule has 0 aliphatic carbocycles. The predicted molar refractivity (Wildman–Crippen MR) is 85.4 cm³/mol. The number of carboxylic acids is 1. The maximum atomic E-state index is 11.3. The van der Waals surface area contributed by atoms with E-state index in [0.717, 1.165) is 12.0 Å². The number of rotatable bonds is 3. The highest BCUT2D eigenvalue weighted by atomic mass is 32.2. The summed E-state index contributed by atoms with van der Waals surface area (Å²) in [6, 6.07) is 15.5. The molecule has 106 valence electrons. The number of carbonyl (C=O) groups is 1. The summed E-state index contributed by atoms with van der Waals surface area (Å²) in [6.07, 6.45) is 0.817. The minimum Gasteiger partial charge on any atom is -0.559 e. The average Bonchev–Trinajstić information content (AvgIpc) is 2.48. The summed E-state index contributed by atoms with van der Waals surface area (Å²) in [5.74, 6) is -0.407. The summed E-state index contributed by atoms with van der Waals surface area (Å²) in [7, 11) is 0. The zero-order valence-corrected chi connectivity index (χ0v) is 12.5. The summed E-state index contributed by atoms with van der Waals surface area (Å²) in [4.78, 5) is 12.5. The van der Waals surface area contributed by atoms with Gasteiger partial charge >= 0.3 is 12.9 Å². The molecule has 21 heavy (non-hydrogen) atoms. The molecule has 0 bridgehead atoms. The van der Waals surface area contributed by atoms with Crippen LogP contribution in [0.3, 0.4) is 0 Å². The Balaban J connectivity index is 1.86. The molecule has 0 amide bonds. The molecule has 3 nitrogen and oxygen atoms in total. The van der Waals surface area contributed by atoms with E-state index in [0.29, 0.717) is 5.75 Å². The molecule has 0 spiro atoms. The van der Waals surface area contributed by atoms with Crippen molar-refractivity contribution in [3.63, 3.8) is 0 Å². The van der Waals surface area contributed by atoms with Crippen LogP contribution >= 0.6 is 11.8 Å². The lowest BCUT2D eigenvalue weighted by atomic mass is 9.63. The van der Waals surface area contributed by atoms with Crippen molar-refractivity contribution in [2.45, 2.75) is 23.3 Å². The summed E-state index contributed by atoms with van der Waals surface area (Å²) in [5.41, 5.74) is 1.23. The van der Waals surface area contributed by atoms with Crippen LogP contribution in [0.15, 0.2) is 53.4 Å². The number of hydrogen-bond donors (Lipinski definition) is 1. The summed E-state index contributed by atoms with van der Waals surface area (Å²) in [5, 5.41) is 9.52. The van der Waals surface area contributed by atoms with Crippen molar-refractivity contribution >= 4 is 24.6 Å². The maximum Gasteiger partial charge on any atom is 0.368 e. The summed E-state index contributed by atoms with van der Waals surface area (Å²) >= 11 is 1.78. The van der Waals surface area contributed by atoms with Gasteiger partial charge in [-0.1, -0.05) is 30.3 Å². The van der Waals surface area contributed by atoms with E-state index in [1.807, 2.05) is 31.1 Å². The van der Waals surface area contributed by atoms with Gasteiger partial charge in [0.2, 0.25) is 0 Å². The summed E-state index contributed by atoms with van der Waals surface area (Å²) in [6.45, 7) is 1.98. The van der Waals surface area contributed by atoms with Gasteiger partial charge < -0.3 is 9.76 Å². The molecule has 3 rings (SSSR count). The van der Waals surface area contributed by atoms with E-state index in [-0.39, 0.29) is 17.6 Å². The van der Waals surface area contributed by atoms with Crippen LogP contribution in [0.4, 0.5) is 0 Å². The quantitative estimate of drug-likeness (QED) is 0.879. The first-order valence-corrected chi connectivity index (χ1v) is 7.76. The highest BCUT2D eigenvalue weighted by Gasteiger charge is 2.33. The number of aromatic carboxylic acids is 1. The van der Waals surface area contributed by atoms with Crippen molar-refractivity contribution in [2.75, 3.05) is 0 Å². The van der Waals surface area contributed by atoms with Gasteiger partial charge in [-0.2, -0.15) is 0 Å². The van der Waals surface area contributed by atoms with E-state index in [9.17, 15) is 9.90 Å². The van der Waals surface area contributed by atoms with Crippen LogP contribution in [0.25, 0.3) is 0 Å². The first kappa shape index (κ1) is 14.1. The third kappa shape index (κ3) is 2.93. The molecule has 0 saturated carbocycles. The Kier molecular flexibility index (Phi) is 3.93. The Labute approximate surface area is 128 Å². The fourth-order valence-corrected chi connectivity index (χ4v) is 3.68. The van der Waals surface area contributed by atoms with Gasteiger partial charge in [-0.15, -0.1) is 11.8 Å². The highest BCUT2D eigenvalue weighted by Crippen LogP contribution is 2.36.